The fourth-order valence-electron chi connectivity index (χ4n) is 4.03. The van der Waals surface area contributed by atoms with Gasteiger partial charge in [0, 0.05) is 50.0 Å². The zero-order chi connectivity index (χ0) is 21.7. The highest BCUT2D eigenvalue weighted by Gasteiger charge is 2.45. The lowest BCUT2D eigenvalue weighted by Gasteiger charge is -2.41. The highest BCUT2D eigenvalue weighted by Crippen LogP contribution is 2.34. The number of pyridine rings is 1. The van der Waals surface area contributed by atoms with E-state index in [4.69, 9.17) is 0 Å². The topological polar surface area (TPSA) is 100 Å². The first-order valence-electron chi connectivity index (χ1n) is 10.2. The van der Waals surface area contributed by atoms with E-state index in [1.807, 2.05) is 30.3 Å². The minimum atomic E-state index is -0.863. The van der Waals surface area contributed by atoms with Crippen LogP contribution in [0.4, 0.5) is 11.6 Å². The Hall–Kier alpha value is -3.81. The fraction of sp³-hybridized carbons (Fsp3) is 0.261. The molecule has 1 atom stereocenters. The molecule has 0 aliphatic carbocycles. The van der Waals surface area contributed by atoms with Crippen molar-refractivity contribution in [2.75, 3.05) is 25.5 Å². The molecule has 2 aromatic heterocycles. The van der Waals surface area contributed by atoms with Gasteiger partial charge in [0.2, 0.25) is 11.9 Å². The summed E-state index contributed by atoms with van der Waals surface area (Å²) in [7, 11) is 1.62. The summed E-state index contributed by atoms with van der Waals surface area (Å²) in [6.45, 7) is 0.867. The van der Waals surface area contributed by atoms with Crippen molar-refractivity contribution in [2.45, 2.75) is 18.3 Å². The van der Waals surface area contributed by atoms with E-state index in [2.05, 4.69) is 25.6 Å². The molecule has 1 aromatic carbocycles. The molecule has 2 N–H and O–H groups in total. The molecule has 1 aliphatic rings. The summed E-state index contributed by atoms with van der Waals surface area (Å²) in [6, 6.07) is 14.5. The van der Waals surface area contributed by atoms with Gasteiger partial charge in [0.25, 0.3) is 5.91 Å². The SMILES string of the molecule is CNC(=O)C1(c2ccccn2)CCCN(C(=O)c2cccc(Nc3ncccn3)c2)C1. The number of hydrogen-bond acceptors (Lipinski definition) is 6. The van der Waals surface area contributed by atoms with Crippen molar-refractivity contribution in [1.29, 1.82) is 0 Å². The first-order chi connectivity index (χ1) is 15.1. The summed E-state index contributed by atoms with van der Waals surface area (Å²) in [5.41, 5.74) is 1.08. The van der Waals surface area contributed by atoms with E-state index in [9.17, 15) is 9.59 Å². The number of nitrogens with one attached hydrogen (secondary N) is 2. The zero-order valence-corrected chi connectivity index (χ0v) is 17.3. The predicted molar refractivity (Wildman–Crippen MR) is 117 cm³/mol. The number of rotatable bonds is 5. The van der Waals surface area contributed by atoms with Crippen LogP contribution in [0.1, 0.15) is 28.9 Å². The number of likely N-dealkylation sites (tertiary alicyclic amines) is 1. The molecule has 8 heteroatoms. The van der Waals surface area contributed by atoms with Gasteiger partial charge in [-0.3, -0.25) is 14.6 Å². The van der Waals surface area contributed by atoms with Gasteiger partial charge < -0.3 is 15.5 Å². The first-order valence-corrected chi connectivity index (χ1v) is 10.2. The Morgan fingerprint density at radius 1 is 1.00 bits per heavy atom. The van der Waals surface area contributed by atoms with E-state index in [-0.39, 0.29) is 18.4 Å². The summed E-state index contributed by atoms with van der Waals surface area (Å²) in [5, 5.41) is 5.87. The average Bonchev–Trinajstić information content (AvgIpc) is 2.84. The summed E-state index contributed by atoms with van der Waals surface area (Å²) in [4.78, 5) is 40.8. The van der Waals surface area contributed by atoms with E-state index in [0.29, 0.717) is 36.6 Å². The van der Waals surface area contributed by atoms with Gasteiger partial charge in [0.05, 0.1) is 5.69 Å². The third-order valence-corrected chi connectivity index (χ3v) is 5.53. The number of carbonyl (C=O) groups excluding carboxylic acids is 2. The van der Waals surface area contributed by atoms with Crippen LogP contribution < -0.4 is 10.6 Å². The quantitative estimate of drug-likeness (QED) is 0.663. The van der Waals surface area contributed by atoms with Gasteiger partial charge in [0.1, 0.15) is 5.41 Å². The van der Waals surface area contributed by atoms with Crippen LogP contribution in [0.25, 0.3) is 0 Å². The predicted octanol–water partition coefficient (Wildman–Crippen LogP) is 2.54. The summed E-state index contributed by atoms with van der Waals surface area (Å²) in [5.74, 6) is 0.209. The molecular weight excluding hydrogens is 392 g/mol. The highest BCUT2D eigenvalue weighted by molar-refractivity contribution is 5.96. The molecule has 1 aliphatic heterocycles. The lowest BCUT2D eigenvalue weighted by molar-refractivity contribution is -0.128. The van der Waals surface area contributed by atoms with E-state index in [1.165, 1.54) is 0 Å². The van der Waals surface area contributed by atoms with Gasteiger partial charge in [-0.25, -0.2) is 9.97 Å². The maximum absolute atomic E-state index is 13.3. The number of hydrogen-bond donors (Lipinski definition) is 2. The van der Waals surface area contributed by atoms with Gasteiger partial charge >= 0.3 is 0 Å². The molecule has 0 bridgehead atoms. The third kappa shape index (κ3) is 4.23. The van der Waals surface area contributed by atoms with Crippen molar-refractivity contribution >= 4 is 23.5 Å². The average molecular weight is 416 g/mol. The van der Waals surface area contributed by atoms with Gasteiger partial charge in [-0.1, -0.05) is 12.1 Å². The number of aromatic nitrogens is 3. The maximum atomic E-state index is 13.3. The molecule has 1 fully saturated rings. The lowest BCUT2D eigenvalue weighted by atomic mass is 9.75. The molecule has 0 spiro atoms. The molecule has 1 unspecified atom stereocenters. The van der Waals surface area contributed by atoms with Crippen LogP contribution in [-0.4, -0.2) is 51.8 Å². The van der Waals surface area contributed by atoms with Crippen LogP contribution in [0.3, 0.4) is 0 Å². The normalized spacial score (nSPS) is 18.3. The van der Waals surface area contributed by atoms with Crippen molar-refractivity contribution < 1.29 is 9.59 Å². The highest BCUT2D eigenvalue weighted by atomic mass is 16.2. The molecule has 2 amide bonds. The Morgan fingerprint density at radius 2 is 1.81 bits per heavy atom. The Bertz CT molecular complexity index is 1060. The Morgan fingerprint density at radius 3 is 2.55 bits per heavy atom. The lowest BCUT2D eigenvalue weighted by Crippen LogP contribution is -2.56. The molecule has 158 valence electrons. The maximum Gasteiger partial charge on any atom is 0.253 e. The second-order valence-corrected chi connectivity index (χ2v) is 7.48. The summed E-state index contributed by atoms with van der Waals surface area (Å²) in [6.07, 6.45) is 6.33. The van der Waals surface area contributed by atoms with Crippen LogP contribution in [0.15, 0.2) is 67.1 Å². The molecule has 0 saturated carbocycles. The molecule has 1 saturated heterocycles. The summed E-state index contributed by atoms with van der Waals surface area (Å²) < 4.78 is 0. The number of piperidine rings is 1. The van der Waals surface area contributed by atoms with E-state index < -0.39 is 5.41 Å². The van der Waals surface area contributed by atoms with Crippen molar-refractivity contribution in [3.05, 3.63) is 78.4 Å². The number of amides is 2. The van der Waals surface area contributed by atoms with E-state index in [0.717, 1.165) is 5.69 Å². The van der Waals surface area contributed by atoms with Crippen LogP contribution in [0.2, 0.25) is 0 Å². The van der Waals surface area contributed by atoms with Crippen molar-refractivity contribution in [3.8, 4) is 0 Å². The third-order valence-electron chi connectivity index (χ3n) is 5.53. The van der Waals surface area contributed by atoms with Gasteiger partial charge in [-0.05, 0) is 49.2 Å². The monoisotopic (exact) mass is 416 g/mol. The molecule has 8 nitrogen and oxygen atoms in total. The van der Waals surface area contributed by atoms with Gasteiger partial charge in [-0.15, -0.1) is 0 Å². The first kappa shape index (κ1) is 20.5. The molecule has 31 heavy (non-hydrogen) atoms. The Balaban J connectivity index is 1.59. The molecule has 3 aromatic rings. The van der Waals surface area contributed by atoms with Crippen LogP contribution >= 0.6 is 0 Å². The largest absolute Gasteiger partial charge is 0.358 e. The molecule has 3 heterocycles. The minimum absolute atomic E-state index is 0.124. The van der Waals surface area contributed by atoms with Crippen molar-refractivity contribution in [3.63, 3.8) is 0 Å². The van der Waals surface area contributed by atoms with Crippen molar-refractivity contribution in [2.24, 2.45) is 0 Å². The fourth-order valence-corrected chi connectivity index (χ4v) is 4.03. The van der Waals surface area contributed by atoms with Crippen LogP contribution in [0, 0.1) is 0 Å². The Labute approximate surface area is 180 Å². The molecule has 0 radical (unpaired) electrons. The van der Waals surface area contributed by atoms with E-state index in [1.54, 1.807) is 48.7 Å². The standard InChI is InChI=1S/C23H24N6O2/c1-24-21(31)23(19-9-2-3-11-25-19)10-5-14-29(16-23)20(30)17-7-4-8-18(15-17)28-22-26-12-6-13-27-22/h2-4,6-9,11-13,15H,5,10,14,16H2,1H3,(H,24,31)(H,26,27,28). The number of likely N-dealkylation sites (N-methyl/N-ethyl adjacent to an activating group) is 1. The number of carbonyl (C=O) groups is 2. The minimum Gasteiger partial charge on any atom is -0.358 e. The zero-order valence-electron chi connectivity index (χ0n) is 17.3. The summed E-state index contributed by atoms with van der Waals surface area (Å²) >= 11 is 0. The van der Waals surface area contributed by atoms with Gasteiger partial charge in [0.15, 0.2) is 0 Å². The smallest absolute Gasteiger partial charge is 0.253 e. The Kier molecular flexibility index (Phi) is 5.88. The molecular formula is C23H24N6O2. The number of nitrogens with zero attached hydrogens (tertiary/aromatic N) is 4. The number of anilines is 2. The second kappa shape index (κ2) is 8.91. The second-order valence-electron chi connectivity index (χ2n) is 7.48. The number of benzene rings is 1. The van der Waals surface area contributed by atoms with E-state index >= 15 is 0 Å². The van der Waals surface area contributed by atoms with Gasteiger partial charge in [-0.2, -0.15) is 0 Å². The van der Waals surface area contributed by atoms with Crippen molar-refractivity contribution in [1.82, 2.24) is 25.2 Å². The van der Waals surface area contributed by atoms with Crippen LogP contribution in [0.5, 0.6) is 0 Å². The molecule has 4 rings (SSSR count). The van der Waals surface area contributed by atoms with Crippen LogP contribution in [-0.2, 0) is 10.2 Å².